The average molecular weight is 315 g/mol. The van der Waals surface area contributed by atoms with E-state index in [2.05, 4.69) is 0 Å². The first-order valence-electron chi connectivity index (χ1n) is 6.00. The molecule has 112 valence electrons. The number of alkyl halides is 3. The second-order valence-electron chi connectivity index (χ2n) is 4.33. The van der Waals surface area contributed by atoms with Gasteiger partial charge >= 0.3 is 6.18 Å². The van der Waals surface area contributed by atoms with Gasteiger partial charge in [0.2, 0.25) is 10.0 Å². The van der Waals surface area contributed by atoms with Crippen LogP contribution in [0.5, 0.6) is 0 Å². The highest BCUT2D eigenvalue weighted by Crippen LogP contribution is 2.21. The number of sulfonamides is 1. The van der Waals surface area contributed by atoms with Gasteiger partial charge in [-0.2, -0.15) is 13.2 Å². The van der Waals surface area contributed by atoms with Crippen molar-refractivity contribution in [1.82, 2.24) is 4.72 Å². The number of hydrogen-bond acceptors (Lipinski definition) is 2. The summed E-state index contributed by atoms with van der Waals surface area (Å²) in [7, 11) is -4.16. The van der Waals surface area contributed by atoms with Gasteiger partial charge in [0.1, 0.15) is 6.54 Å². The minimum atomic E-state index is -4.59. The van der Waals surface area contributed by atoms with E-state index in [1.165, 1.54) is 16.9 Å². The van der Waals surface area contributed by atoms with Crippen molar-refractivity contribution in [2.24, 2.45) is 0 Å². The Bertz CT molecular complexity index is 695. The minimum absolute atomic E-state index is 0.202. The summed E-state index contributed by atoms with van der Waals surface area (Å²) in [6.45, 7) is -1.59. The molecule has 0 amide bonds. The quantitative estimate of drug-likeness (QED) is 0.942. The van der Waals surface area contributed by atoms with Gasteiger partial charge in [-0.05, 0) is 23.3 Å². The van der Waals surface area contributed by atoms with Gasteiger partial charge in [0, 0.05) is 0 Å². The van der Waals surface area contributed by atoms with Crippen LogP contribution in [0.25, 0.3) is 11.1 Å². The number of nitrogens with one attached hydrogen (secondary N) is 1. The molecule has 0 spiro atoms. The predicted molar refractivity (Wildman–Crippen MR) is 73.1 cm³/mol. The molecular weight excluding hydrogens is 303 g/mol. The molecule has 0 saturated heterocycles. The molecule has 0 aliphatic rings. The van der Waals surface area contributed by atoms with Gasteiger partial charge in [-0.15, -0.1) is 0 Å². The largest absolute Gasteiger partial charge is 0.402 e. The van der Waals surface area contributed by atoms with Crippen LogP contribution in [0.4, 0.5) is 13.2 Å². The summed E-state index contributed by atoms with van der Waals surface area (Å²) in [5.41, 5.74) is 1.68. The van der Waals surface area contributed by atoms with Gasteiger partial charge in [-0.1, -0.05) is 42.5 Å². The molecule has 1 N–H and O–H groups in total. The normalized spacial score (nSPS) is 12.3. The zero-order valence-corrected chi connectivity index (χ0v) is 11.6. The molecule has 2 aromatic rings. The van der Waals surface area contributed by atoms with Crippen molar-refractivity contribution in [3.05, 3.63) is 54.6 Å². The van der Waals surface area contributed by atoms with Crippen molar-refractivity contribution >= 4 is 10.0 Å². The van der Waals surface area contributed by atoms with Gasteiger partial charge in [0.05, 0.1) is 4.90 Å². The van der Waals surface area contributed by atoms with E-state index in [1.54, 1.807) is 12.1 Å². The highest BCUT2D eigenvalue weighted by atomic mass is 32.2. The van der Waals surface area contributed by atoms with Gasteiger partial charge in [-0.3, -0.25) is 0 Å². The summed E-state index contributed by atoms with van der Waals surface area (Å²) >= 11 is 0. The number of rotatable bonds is 4. The molecule has 0 bridgehead atoms. The van der Waals surface area contributed by atoms with Crippen LogP contribution in [0.3, 0.4) is 0 Å². The van der Waals surface area contributed by atoms with Crippen molar-refractivity contribution in [3.8, 4) is 11.1 Å². The molecule has 0 aliphatic heterocycles. The van der Waals surface area contributed by atoms with Gasteiger partial charge in [0.25, 0.3) is 0 Å². The summed E-state index contributed by atoms with van der Waals surface area (Å²) < 4.78 is 61.1. The van der Waals surface area contributed by atoms with Crippen LogP contribution >= 0.6 is 0 Å². The van der Waals surface area contributed by atoms with Crippen LogP contribution in [0.15, 0.2) is 59.5 Å². The third-order valence-electron chi connectivity index (χ3n) is 2.73. The van der Waals surface area contributed by atoms with Crippen molar-refractivity contribution in [2.45, 2.75) is 11.1 Å². The molecule has 3 nitrogen and oxygen atoms in total. The lowest BCUT2D eigenvalue weighted by molar-refractivity contribution is -0.121. The third kappa shape index (κ3) is 4.30. The maximum Gasteiger partial charge on any atom is 0.402 e. The number of hydrogen-bond donors (Lipinski definition) is 1. The summed E-state index contributed by atoms with van der Waals surface area (Å²) in [6.07, 6.45) is -4.59. The summed E-state index contributed by atoms with van der Waals surface area (Å²) in [4.78, 5) is -0.202. The van der Waals surface area contributed by atoms with Crippen LogP contribution < -0.4 is 4.72 Å². The molecule has 0 fully saturated rings. The molecule has 0 atom stereocenters. The van der Waals surface area contributed by atoms with E-state index in [9.17, 15) is 21.6 Å². The average Bonchev–Trinajstić information content (AvgIpc) is 2.46. The van der Waals surface area contributed by atoms with Crippen LogP contribution in [-0.4, -0.2) is 21.1 Å². The smallest absolute Gasteiger partial charge is 0.207 e. The van der Waals surface area contributed by atoms with Gasteiger partial charge < -0.3 is 0 Å². The van der Waals surface area contributed by atoms with E-state index >= 15 is 0 Å². The highest BCUT2D eigenvalue weighted by molar-refractivity contribution is 7.89. The second-order valence-corrected chi connectivity index (χ2v) is 6.10. The maximum absolute atomic E-state index is 12.1. The van der Waals surface area contributed by atoms with Crippen LogP contribution in [0.2, 0.25) is 0 Å². The molecule has 2 aromatic carbocycles. The predicted octanol–water partition coefficient (Wildman–Crippen LogP) is 3.19. The Morgan fingerprint density at radius 1 is 0.857 bits per heavy atom. The molecule has 0 unspecified atom stereocenters. The number of halogens is 3. The van der Waals surface area contributed by atoms with Crippen LogP contribution in [0, 0.1) is 0 Å². The molecular formula is C14H12F3NO2S. The molecule has 7 heteroatoms. The molecule has 0 aromatic heterocycles. The third-order valence-corrected chi connectivity index (χ3v) is 4.15. The fourth-order valence-electron chi connectivity index (χ4n) is 1.72. The lowest BCUT2D eigenvalue weighted by Gasteiger charge is -2.10. The summed E-state index contributed by atoms with van der Waals surface area (Å²) in [5, 5.41) is 0. The molecule has 2 rings (SSSR count). The lowest BCUT2D eigenvalue weighted by atomic mass is 10.1. The minimum Gasteiger partial charge on any atom is -0.207 e. The monoisotopic (exact) mass is 315 g/mol. The van der Waals surface area contributed by atoms with E-state index in [1.807, 2.05) is 30.3 Å². The Balaban J connectivity index is 2.19. The van der Waals surface area contributed by atoms with E-state index in [-0.39, 0.29) is 4.90 Å². The Morgan fingerprint density at radius 2 is 1.38 bits per heavy atom. The fourth-order valence-corrected chi connectivity index (χ4v) is 2.73. The van der Waals surface area contributed by atoms with Gasteiger partial charge in [-0.25, -0.2) is 13.1 Å². The Hall–Kier alpha value is -1.86. The lowest BCUT2D eigenvalue weighted by Crippen LogP contribution is -2.33. The first-order chi connectivity index (χ1) is 9.78. The number of benzene rings is 2. The van der Waals surface area contributed by atoms with E-state index in [4.69, 9.17) is 0 Å². The highest BCUT2D eigenvalue weighted by Gasteiger charge is 2.29. The SMILES string of the molecule is O=S(=O)(NCC(F)(F)F)c1ccc(-c2ccccc2)cc1. The molecule has 0 aliphatic carbocycles. The first-order valence-corrected chi connectivity index (χ1v) is 7.48. The summed E-state index contributed by atoms with van der Waals surface area (Å²) in [5.74, 6) is 0. The topological polar surface area (TPSA) is 46.2 Å². The Kier molecular flexibility index (Phi) is 4.34. The first kappa shape index (κ1) is 15.5. The molecule has 0 radical (unpaired) electrons. The van der Waals surface area contributed by atoms with Crippen LogP contribution in [-0.2, 0) is 10.0 Å². The van der Waals surface area contributed by atoms with Crippen LogP contribution in [0.1, 0.15) is 0 Å². The fraction of sp³-hybridized carbons (Fsp3) is 0.143. The van der Waals surface area contributed by atoms with Crippen molar-refractivity contribution in [3.63, 3.8) is 0 Å². The zero-order chi connectivity index (χ0) is 15.5. The maximum atomic E-state index is 12.1. The molecule has 0 saturated carbocycles. The van der Waals surface area contributed by atoms with Crippen molar-refractivity contribution in [1.29, 1.82) is 0 Å². The summed E-state index contributed by atoms with van der Waals surface area (Å²) in [6, 6.07) is 14.9. The van der Waals surface area contributed by atoms with Gasteiger partial charge in [0.15, 0.2) is 0 Å². The standard InChI is InChI=1S/C14H12F3NO2S/c15-14(16,17)10-18-21(19,20)13-8-6-12(7-9-13)11-4-2-1-3-5-11/h1-9,18H,10H2. The van der Waals surface area contributed by atoms with Crippen molar-refractivity contribution in [2.75, 3.05) is 6.54 Å². The Morgan fingerprint density at radius 3 is 1.90 bits per heavy atom. The van der Waals surface area contributed by atoms with E-state index in [0.717, 1.165) is 11.1 Å². The van der Waals surface area contributed by atoms with Crippen molar-refractivity contribution < 1.29 is 21.6 Å². The molecule has 0 heterocycles. The van der Waals surface area contributed by atoms with E-state index < -0.39 is 22.7 Å². The second kappa shape index (κ2) is 5.87. The Labute approximate surface area is 120 Å². The molecule has 21 heavy (non-hydrogen) atoms. The zero-order valence-electron chi connectivity index (χ0n) is 10.8. The van der Waals surface area contributed by atoms with E-state index in [0.29, 0.717) is 0 Å².